The standard InChI is InChI=1S/C25H22N2O2/c1-19-10-8-16-26-23(19)27(17-9-15-20-11-4-2-5-12-20)25(29)22(24(26)28)18-21-13-6-3-7-14-21/h2-16H,17-18H2,1H3. The molecule has 0 amide bonds. The molecule has 0 saturated carbocycles. The Balaban J connectivity index is 1.83. The highest BCUT2D eigenvalue weighted by Crippen LogP contribution is 2.14. The number of nitrogens with zero attached hydrogens (tertiary/aromatic N) is 2. The molecule has 0 saturated heterocycles. The summed E-state index contributed by atoms with van der Waals surface area (Å²) in [5.41, 5.74) is 3.58. The molecule has 0 radical (unpaired) electrons. The second-order valence-corrected chi connectivity index (χ2v) is 7.06. The van der Waals surface area contributed by atoms with Crippen molar-refractivity contribution in [1.29, 1.82) is 0 Å². The van der Waals surface area contributed by atoms with Crippen molar-refractivity contribution in [1.82, 2.24) is 4.40 Å². The molecule has 4 heteroatoms. The summed E-state index contributed by atoms with van der Waals surface area (Å²) in [5, 5.41) is 13.3. The summed E-state index contributed by atoms with van der Waals surface area (Å²) in [4.78, 5) is 13.1. The fourth-order valence-corrected chi connectivity index (χ4v) is 3.59. The highest BCUT2D eigenvalue weighted by molar-refractivity contribution is 5.49. The summed E-state index contributed by atoms with van der Waals surface area (Å²) >= 11 is 0. The molecule has 0 atom stereocenters. The Kier molecular flexibility index (Phi) is 5.25. The van der Waals surface area contributed by atoms with Crippen LogP contribution in [-0.4, -0.2) is 4.40 Å². The van der Waals surface area contributed by atoms with Gasteiger partial charge in [-0.25, -0.2) is 9.36 Å². The molecule has 4 aromatic rings. The van der Waals surface area contributed by atoms with Crippen molar-refractivity contribution >= 4 is 11.7 Å². The molecule has 4 rings (SSSR count). The molecule has 0 unspecified atom stereocenters. The number of allylic oxidation sites excluding steroid dienone is 1. The number of hydrogen-bond donors (Lipinski definition) is 0. The number of aryl methyl sites for hydroxylation is 1. The van der Waals surface area contributed by atoms with Gasteiger partial charge in [0, 0.05) is 12.0 Å². The lowest BCUT2D eigenvalue weighted by atomic mass is 10.1. The van der Waals surface area contributed by atoms with Crippen molar-refractivity contribution in [3.8, 4) is 5.88 Å². The zero-order chi connectivity index (χ0) is 20.2. The molecular formula is C25H22N2O2. The van der Waals surface area contributed by atoms with Crippen LogP contribution < -0.4 is 15.2 Å². The quantitative estimate of drug-likeness (QED) is 0.498. The van der Waals surface area contributed by atoms with Gasteiger partial charge in [0.15, 0.2) is 0 Å². The van der Waals surface area contributed by atoms with Crippen molar-refractivity contribution in [2.75, 3.05) is 0 Å². The van der Waals surface area contributed by atoms with Gasteiger partial charge in [-0.2, -0.15) is 4.40 Å². The van der Waals surface area contributed by atoms with Gasteiger partial charge in [-0.3, -0.25) is 0 Å². The number of benzene rings is 2. The summed E-state index contributed by atoms with van der Waals surface area (Å²) in [6, 6.07) is 23.3. The third-order valence-electron chi connectivity index (χ3n) is 5.02. The summed E-state index contributed by atoms with van der Waals surface area (Å²) in [6.45, 7) is 2.31. The lowest BCUT2D eigenvalue weighted by Gasteiger charge is -2.17. The van der Waals surface area contributed by atoms with Gasteiger partial charge >= 0.3 is 5.56 Å². The fraction of sp³-hybridized carbons (Fsp3) is 0.120. The highest BCUT2D eigenvalue weighted by atomic mass is 16.3. The summed E-state index contributed by atoms with van der Waals surface area (Å²) in [5.74, 6) is -0.231. The van der Waals surface area contributed by atoms with Crippen LogP contribution in [0, 0.1) is 6.92 Å². The number of rotatable bonds is 5. The van der Waals surface area contributed by atoms with Crippen LogP contribution in [0.5, 0.6) is 5.88 Å². The number of hydrogen-bond acceptors (Lipinski definition) is 2. The van der Waals surface area contributed by atoms with Crippen LogP contribution in [0.15, 0.2) is 89.9 Å². The van der Waals surface area contributed by atoms with E-state index in [-0.39, 0.29) is 17.0 Å². The molecule has 0 aliphatic rings. The van der Waals surface area contributed by atoms with Crippen LogP contribution in [0.3, 0.4) is 0 Å². The first-order valence-corrected chi connectivity index (χ1v) is 9.64. The molecule has 4 nitrogen and oxygen atoms in total. The van der Waals surface area contributed by atoms with Gasteiger partial charge in [0.1, 0.15) is 6.54 Å². The van der Waals surface area contributed by atoms with Gasteiger partial charge in [0.05, 0.1) is 17.6 Å². The van der Waals surface area contributed by atoms with Crippen molar-refractivity contribution < 1.29 is 9.67 Å². The van der Waals surface area contributed by atoms with Gasteiger partial charge in [0.2, 0.25) is 0 Å². The number of aromatic nitrogens is 2. The van der Waals surface area contributed by atoms with E-state index in [1.165, 1.54) is 0 Å². The average Bonchev–Trinajstić information content (AvgIpc) is 2.75. The maximum absolute atomic E-state index is 13.3. The topological polar surface area (TPSA) is 48.4 Å². The van der Waals surface area contributed by atoms with Crippen molar-refractivity contribution in [2.24, 2.45) is 0 Å². The molecule has 0 N–H and O–H groups in total. The molecule has 0 fully saturated rings. The molecule has 2 heterocycles. The minimum absolute atomic E-state index is 0.231. The minimum atomic E-state index is -0.249. The molecule has 144 valence electrons. The predicted octanol–water partition coefficient (Wildman–Crippen LogP) is 3.27. The summed E-state index contributed by atoms with van der Waals surface area (Å²) in [6.07, 6.45) is 6.00. The molecule has 0 aliphatic heterocycles. The van der Waals surface area contributed by atoms with Crippen molar-refractivity contribution in [3.63, 3.8) is 0 Å². The van der Waals surface area contributed by atoms with Gasteiger partial charge in [-0.05, 0) is 36.3 Å². The highest BCUT2D eigenvalue weighted by Gasteiger charge is 2.19. The molecule has 2 aromatic heterocycles. The van der Waals surface area contributed by atoms with E-state index in [2.05, 4.69) is 0 Å². The smallest absolute Gasteiger partial charge is 0.345 e. The lowest BCUT2D eigenvalue weighted by Crippen LogP contribution is -2.45. The van der Waals surface area contributed by atoms with Gasteiger partial charge < -0.3 is 5.11 Å². The van der Waals surface area contributed by atoms with E-state index in [4.69, 9.17) is 0 Å². The Hall–Kier alpha value is -3.66. The Morgan fingerprint density at radius 3 is 2.38 bits per heavy atom. The maximum atomic E-state index is 13.3. The maximum Gasteiger partial charge on any atom is 0.345 e. The molecule has 2 aromatic carbocycles. The Labute approximate surface area is 169 Å². The van der Waals surface area contributed by atoms with E-state index in [1.807, 2.05) is 91.9 Å². The SMILES string of the molecule is Cc1cccn2c(=O)c(Cc3ccccc3)c([O-])[n+](CC=Cc3ccccc3)c12. The largest absolute Gasteiger partial charge is 0.842 e. The second-order valence-electron chi connectivity index (χ2n) is 7.06. The summed E-state index contributed by atoms with van der Waals surface area (Å²) in [7, 11) is 0. The lowest BCUT2D eigenvalue weighted by molar-refractivity contribution is -0.708. The Morgan fingerprint density at radius 2 is 1.66 bits per heavy atom. The first-order chi connectivity index (χ1) is 14.1. The van der Waals surface area contributed by atoms with Crippen LogP contribution in [0.4, 0.5) is 0 Å². The molecule has 0 spiro atoms. The van der Waals surface area contributed by atoms with E-state index in [1.54, 1.807) is 15.2 Å². The van der Waals surface area contributed by atoms with Crippen LogP contribution in [-0.2, 0) is 13.0 Å². The number of fused-ring (bicyclic) bond motifs is 1. The zero-order valence-corrected chi connectivity index (χ0v) is 16.3. The molecule has 29 heavy (non-hydrogen) atoms. The monoisotopic (exact) mass is 382 g/mol. The van der Waals surface area contributed by atoms with Crippen LogP contribution >= 0.6 is 0 Å². The minimum Gasteiger partial charge on any atom is -0.842 e. The first-order valence-electron chi connectivity index (χ1n) is 9.64. The van der Waals surface area contributed by atoms with E-state index in [0.29, 0.717) is 18.6 Å². The van der Waals surface area contributed by atoms with Crippen molar-refractivity contribution in [2.45, 2.75) is 19.9 Å². The van der Waals surface area contributed by atoms with E-state index < -0.39 is 0 Å². The van der Waals surface area contributed by atoms with Gasteiger partial charge in [0.25, 0.3) is 5.65 Å². The Morgan fingerprint density at radius 1 is 0.966 bits per heavy atom. The van der Waals surface area contributed by atoms with Gasteiger partial charge in [-0.15, -0.1) is 0 Å². The summed E-state index contributed by atoms with van der Waals surface area (Å²) < 4.78 is 3.28. The first kappa shape index (κ1) is 18.7. The Bertz CT molecular complexity index is 1230. The third kappa shape index (κ3) is 3.83. The van der Waals surface area contributed by atoms with Crippen molar-refractivity contribution in [3.05, 3.63) is 118 Å². The van der Waals surface area contributed by atoms with Crippen LogP contribution in [0.2, 0.25) is 0 Å². The predicted molar refractivity (Wildman–Crippen MR) is 113 cm³/mol. The third-order valence-corrected chi connectivity index (χ3v) is 5.02. The number of pyridine rings is 1. The van der Waals surface area contributed by atoms with E-state index in [9.17, 15) is 9.90 Å². The van der Waals surface area contributed by atoms with E-state index >= 15 is 0 Å². The zero-order valence-electron chi connectivity index (χ0n) is 16.3. The van der Waals surface area contributed by atoms with E-state index in [0.717, 1.165) is 16.7 Å². The molecule has 0 bridgehead atoms. The van der Waals surface area contributed by atoms with Gasteiger partial charge in [-0.1, -0.05) is 66.7 Å². The fourth-order valence-electron chi connectivity index (χ4n) is 3.59. The normalized spacial score (nSPS) is 11.3. The molecule has 0 aliphatic carbocycles. The second kappa shape index (κ2) is 8.15. The van der Waals surface area contributed by atoms with Crippen LogP contribution in [0.1, 0.15) is 22.3 Å². The molecular weight excluding hydrogens is 360 g/mol. The average molecular weight is 382 g/mol. The van der Waals surface area contributed by atoms with Crippen LogP contribution in [0.25, 0.3) is 11.7 Å².